The summed E-state index contributed by atoms with van der Waals surface area (Å²) in [5.41, 5.74) is 0.658. The number of rotatable bonds is 2. The Morgan fingerprint density at radius 1 is 1.43 bits per heavy atom. The number of nitrogens with one attached hydrogen (secondary N) is 1. The second-order valence-corrected chi connectivity index (χ2v) is 5.61. The van der Waals surface area contributed by atoms with Crippen molar-refractivity contribution in [2.75, 3.05) is 0 Å². The molecule has 4 heteroatoms. The fraction of sp³-hybridized carbons (Fsp3) is 0.600. The molecular weight excluding hydrogens is 198 g/mol. The second-order valence-electron chi connectivity index (χ2n) is 4.63. The highest BCUT2D eigenvalue weighted by Gasteiger charge is 2.20. The summed E-state index contributed by atoms with van der Waals surface area (Å²) in [5.74, 6) is 0.0540. The summed E-state index contributed by atoms with van der Waals surface area (Å²) in [5, 5.41) is 0. The molecule has 0 bridgehead atoms. The van der Waals surface area contributed by atoms with E-state index in [0.29, 0.717) is 17.0 Å². The molecule has 0 atom stereocenters. The Morgan fingerprint density at radius 2 is 2.00 bits per heavy atom. The van der Waals surface area contributed by atoms with Gasteiger partial charge in [0.25, 0.3) is 0 Å². The lowest BCUT2D eigenvalue weighted by atomic mass is 9.89. The number of carbonyl (C=O) groups is 1. The number of Topliss-reactive ketones (excluding diaryl/α,β-unsaturated/α-hetero) is 1. The molecule has 1 heterocycles. The van der Waals surface area contributed by atoms with E-state index in [1.807, 2.05) is 20.8 Å². The number of aromatic amines is 1. The van der Waals surface area contributed by atoms with E-state index in [1.54, 1.807) is 6.92 Å². The monoisotopic (exact) mass is 213 g/mol. The highest BCUT2D eigenvalue weighted by atomic mass is 32.1. The second kappa shape index (κ2) is 3.69. The van der Waals surface area contributed by atoms with Crippen LogP contribution in [0.1, 0.15) is 42.6 Å². The molecule has 0 spiro atoms. The van der Waals surface area contributed by atoms with Crippen molar-refractivity contribution in [2.24, 2.45) is 5.41 Å². The van der Waals surface area contributed by atoms with E-state index in [1.165, 1.54) is 0 Å². The first-order valence-electron chi connectivity index (χ1n) is 4.52. The smallest absolute Gasteiger partial charge is 0.305 e. The van der Waals surface area contributed by atoms with Gasteiger partial charge in [-0.15, -0.1) is 0 Å². The van der Waals surface area contributed by atoms with Crippen molar-refractivity contribution < 1.29 is 4.79 Å². The summed E-state index contributed by atoms with van der Waals surface area (Å²) >= 11 is 1.00. The number of carbonyl (C=O) groups excluding carboxylic acids is 1. The predicted molar refractivity (Wildman–Crippen MR) is 58.1 cm³/mol. The molecule has 0 aliphatic rings. The van der Waals surface area contributed by atoms with E-state index in [2.05, 4.69) is 4.98 Å². The summed E-state index contributed by atoms with van der Waals surface area (Å²) < 4.78 is 0. The first-order chi connectivity index (χ1) is 6.29. The van der Waals surface area contributed by atoms with Crippen molar-refractivity contribution in [1.82, 2.24) is 4.98 Å². The van der Waals surface area contributed by atoms with Crippen LogP contribution < -0.4 is 4.87 Å². The molecule has 0 radical (unpaired) electrons. The number of ketones is 1. The van der Waals surface area contributed by atoms with Crippen LogP contribution in [0.2, 0.25) is 0 Å². The van der Waals surface area contributed by atoms with E-state index in [9.17, 15) is 9.59 Å². The average molecular weight is 213 g/mol. The van der Waals surface area contributed by atoms with E-state index in [-0.39, 0.29) is 16.1 Å². The van der Waals surface area contributed by atoms with Crippen molar-refractivity contribution in [2.45, 2.75) is 34.1 Å². The lowest BCUT2D eigenvalue weighted by molar-refractivity contribution is 0.0943. The zero-order valence-electron chi connectivity index (χ0n) is 8.93. The van der Waals surface area contributed by atoms with Crippen molar-refractivity contribution >= 4 is 17.1 Å². The summed E-state index contributed by atoms with van der Waals surface area (Å²) in [6.45, 7) is 7.79. The standard InChI is InChI=1S/C10H15NO2S/c1-6-8(14-9(13)11-6)7(12)5-10(2,3)4/h5H2,1-4H3,(H,11,13). The number of hydrogen-bond donors (Lipinski definition) is 1. The topological polar surface area (TPSA) is 49.9 Å². The van der Waals surface area contributed by atoms with Crippen molar-refractivity contribution in [3.8, 4) is 0 Å². The fourth-order valence-corrected chi connectivity index (χ4v) is 2.01. The molecule has 1 aromatic heterocycles. The summed E-state index contributed by atoms with van der Waals surface area (Å²) in [6.07, 6.45) is 0.474. The Labute approximate surface area is 87.2 Å². The maximum atomic E-state index is 11.7. The minimum atomic E-state index is -0.153. The number of aryl methyl sites for hydroxylation is 1. The first kappa shape index (κ1) is 11.2. The molecule has 0 aliphatic heterocycles. The summed E-state index contributed by atoms with van der Waals surface area (Å²) in [7, 11) is 0. The number of thiazole rings is 1. The zero-order chi connectivity index (χ0) is 10.9. The lowest BCUT2D eigenvalue weighted by Crippen LogP contribution is -2.12. The predicted octanol–water partition coefficient (Wildman–Crippen LogP) is 2.36. The Bertz CT molecular complexity index is 395. The van der Waals surface area contributed by atoms with Crippen LogP contribution in [0.3, 0.4) is 0 Å². The molecule has 1 rings (SSSR count). The van der Waals surface area contributed by atoms with E-state index < -0.39 is 0 Å². The molecule has 0 saturated carbocycles. The minimum Gasteiger partial charge on any atom is -0.316 e. The van der Waals surface area contributed by atoms with Gasteiger partial charge in [-0.1, -0.05) is 32.1 Å². The number of aromatic nitrogens is 1. The van der Waals surface area contributed by atoms with Crippen LogP contribution in [0.4, 0.5) is 0 Å². The van der Waals surface area contributed by atoms with Gasteiger partial charge in [-0.3, -0.25) is 9.59 Å². The highest BCUT2D eigenvalue weighted by Crippen LogP contribution is 2.23. The van der Waals surface area contributed by atoms with Crippen LogP contribution in [0.5, 0.6) is 0 Å². The number of H-pyrrole nitrogens is 1. The Hall–Kier alpha value is -0.900. The third-order valence-electron chi connectivity index (χ3n) is 1.77. The zero-order valence-corrected chi connectivity index (χ0v) is 9.75. The summed E-state index contributed by atoms with van der Waals surface area (Å²) in [4.78, 5) is 25.8. The highest BCUT2D eigenvalue weighted by molar-refractivity contribution is 7.11. The third-order valence-corrected chi connectivity index (χ3v) is 2.79. The van der Waals surface area contributed by atoms with Crippen molar-refractivity contribution in [3.05, 3.63) is 20.2 Å². The average Bonchev–Trinajstić information content (AvgIpc) is 2.26. The SMILES string of the molecule is Cc1[nH]c(=O)sc1C(=O)CC(C)(C)C. The molecule has 0 unspecified atom stereocenters. The third kappa shape index (κ3) is 2.80. The van der Waals surface area contributed by atoms with Gasteiger partial charge in [0.05, 0.1) is 4.88 Å². The van der Waals surface area contributed by atoms with Crippen LogP contribution in [0.15, 0.2) is 4.79 Å². The van der Waals surface area contributed by atoms with Gasteiger partial charge < -0.3 is 4.98 Å². The van der Waals surface area contributed by atoms with Crippen LogP contribution in [0, 0.1) is 12.3 Å². The molecule has 78 valence electrons. The molecule has 0 fully saturated rings. The maximum absolute atomic E-state index is 11.7. The number of hydrogen-bond acceptors (Lipinski definition) is 3. The van der Waals surface area contributed by atoms with Gasteiger partial charge >= 0.3 is 4.87 Å². The van der Waals surface area contributed by atoms with Gasteiger partial charge in [-0.25, -0.2) is 0 Å². The van der Waals surface area contributed by atoms with E-state index in [0.717, 1.165) is 11.3 Å². The quantitative estimate of drug-likeness (QED) is 0.767. The van der Waals surface area contributed by atoms with Crippen LogP contribution in [-0.2, 0) is 0 Å². The Balaban J connectivity index is 2.91. The first-order valence-corrected chi connectivity index (χ1v) is 5.34. The largest absolute Gasteiger partial charge is 0.316 e. The molecule has 1 aromatic rings. The van der Waals surface area contributed by atoms with Gasteiger partial charge in [0, 0.05) is 12.1 Å². The molecule has 0 aromatic carbocycles. The molecule has 14 heavy (non-hydrogen) atoms. The molecule has 3 nitrogen and oxygen atoms in total. The van der Waals surface area contributed by atoms with Gasteiger partial charge in [0.15, 0.2) is 5.78 Å². The van der Waals surface area contributed by atoms with Crippen LogP contribution in [0.25, 0.3) is 0 Å². The fourth-order valence-electron chi connectivity index (χ4n) is 1.23. The lowest BCUT2D eigenvalue weighted by Gasteiger charge is -2.15. The van der Waals surface area contributed by atoms with Crippen molar-refractivity contribution in [1.29, 1.82) is 0 Å². The molecule has 1 N–H and O–H groups in total. The molecule has 0 saturated heterocycles. The normalized spacial score (nSPS) is 11.7. The molecular formula is C10H15NO2S. The molecule has 0 aliphatic carbocycles. The Kier molecular flexibility index (Phi) is 2.95. The van der Waals surface area contributed by atoms with Gasteiger partial charge in [-0.2, -0.15) is 0 Å². The van der Waals surface area contributed by atoms with Crippen LogP contribution >= 0.6 is 11.3 Å². The molecule has 0 amide bonds. The summed E-state index contributed by atoms with van der Waals surface area (Å²) in [6, 6.07) is 0. The van der Waals surface area contributed by atoms with E-state index >= 15 is 0 Å². The minimum absolute atomic E-state index is 0.0312. The maximum Gasteiger partial charge on any atom is 0.305 e. The Morgan fingerprint density at radius 3 is 2.36 bits per heavy atom. The van der Waals surface area contributed by atoms with Gasteiger partial charge in [0.2, 0.25) is 0 Å². The van der Waals surface area contributed by atoms with E-state index in [4.69, 9.17) is 0 Å². The van der Waals surface area contributed by atoms with Gasteiger partial charge in [0.1, 0.15) is 0 Å². The van der Waals surface area contributed by atoms with Crippen molar-refractivity contribution in [3.63, 3.8) is 0 Å². The van der Waals surface area contributed by atoms with Crippen LogP contribution in [-0.4, -0.2) is 10.8 Å². The van der Waals surface area contributed by atoms with Gasteiger partial charge in [-0.05, 0) is 12.3 Å².